The van der Waals surface area contributed by atoms with Gasteiger partial charge in [0, 0.05) is 24.5 Å². The molecule has 3 nitrogen and oxygen atoms in total. The van der Waals surface area contributed by atoms with Gasteiger partial charge in [-0.2, -0.15) is 0 Å². The van der Waals surface area contributed by atoms with Crippen molar-refractivity contribution >= 4 is 23.4 Å². The summed E-state index contributed by atoms with van der Waals surface area (Å²) in [6.07, 6.45) is 2.61. The van der Waals surface area contributed by atoms with E-state index in [9.17, 15) is 4.79 Å². The van der Waals surface area contributed by atoms with E-state index in [2.05, 4.69) is 60.5 Å². The van der Waals surface area contributed by atoms with Crippen LogP contribution in [-0.4, -0.2) is 24.7 Å². The summed E-state index contributed by atoms with van der Waals surface area (Å²) in [5.74, 6) is 2.22. The first kappa shape index (κ1) is 19.8. The molecule has 1 heterocycles. The number of rotatable bonds is 7. The quantitative estimate of drug-likeness (QED) is 0.729. The fourth-order valence-electron chi connectivity index (χ4n) is 3.60. The maximum absolute atomic E-state index is 12.2. The average Bonchev–Trinajstić information content (AvgIpc) is 2.69. The topological polar surface area (TPSA) is 32.3 Å². The summed E-state index contributed by atoms with van der Waals surface area (Å²) in [5.41, 5.74) is 3.71. The molecule has 0 bridgehead atoms. The fraction of sp³-hybridized carbons (Fsp3) is 0.435. The lowest BCUT2D eigenvalue weighted by Crippen LogP contribution is -2.34. The normalized spacial score (nSPS) is 18.1. The number of benzene rings is 2. The highest BCUT2D eigenvalue weighted by Crippen LogP contribution is 2.24. The summed E-state index contributed by atoms with van der Waals surface area (Å²) in [5, 5.41) is 3.12. The molecule has 27 heavy (non-hydrogen) atoms. The van der Waals surface area contributed by atoms with Crippen LogP contribution in [0.1, 0.15) is 43.9 Å². The lowest BCUT2D eigenvalue weighted by molar-refractivity contribution is -0.119. The molecule has 1 aliphatic rings. The predicted molar refractivity (Wildman–Crippen MR) is 116 cm³/mol. The van der Waals surface area contributed by atoms with Gasteiger partial charge in [0.2, 0.25) is 5.91 Å². The molecule has 4 heteroatoms. The fourth-order valence-corrected chi connectivity index (χ4v) is 4.40. The number of piperidine rings is 1. The van der Waals surface area contributed by atoms with Crippen molar-refractivity contribution in [2.24, 2.45) is 5.92 Å². The second-order valence-corrected chi connectivity index (χ2v) is 8.54. The monoisotopic (exact) mass is 382 g/mol. The van der Waals surface area contributed by atoms with E-state index in [1.54, 1.807) is 11.8 Å². The van der Waals surface area contributed by atoms with Crippen LogP contribution in [0.2, 0.25) is 0 Å². The van der Waals surface area contributed by atoms with E-state index in [0.717, 1.165) is 30.3 Å². The lowest BCUT2D eigenvalue weighted by atomic mass is 9.99. The van der Waals surface area contributed by atoms with Crippen molar-refractivity contribution in [2.75, 3.05) is 23.7 Å². The van der Waals surface area contributed by atoms with E-state index < -0.39 is 0 Å². The summed E-state index contributed by atoms with van der Waals surface area (Å²) >= 11 is 1.65. The minimum absolute atomic E-state index is 0.0316. The van der Waals surface area contributed by atoms with Gasteiger partial charge < -0.3 is 10.2 Å². The Balaban J connectivity index is 1.45. The molecule has 0 saturated carbocycles. The molecular formula is C23H30N2OS. The van der Waals surface area contributed by atoms with Crippen molar-refractivity contribution in [3.63, 3.8) is 0 Å². The molecule has 0 unspecified atom stereocenters. The van der Waals surface area contributed by atoms with Crippen LogP contribution in [0.15, 0.2) is 54.6 Å². The zero-order chi connectivity index (χ0) is 19.1. The number of anilines is 1. The smallest absolute Gasteiger partial charge is 0.230 e. The molecule has 0 spiro atoms. The van der Waals surface area contributed by atoms with Crippen LogP contribution < -0.4 is 10.2 Å². The van der Waals surface area contributed by atoms with Gasteiger partial charge in [-0.25, -0.2) is 0 Å². The van der Waals surface area contributed by atoms with Gasteiger partial charge in [0.15, 0.2) is 0 Å². The Labute approximate surface area is 167 Å². The molecule has 2 aromatic carbocycles. The van der Waals surface area contributed by atoms with Crippen LogP contribution in [0.25, 0.3) is 0 Å². The zero-order valence-electron chi connectivity index (χ0n) is 16.4. The number of hydrogen-bond donors (Lipinski definition) is 1. The van der Waals surface area contributed by atoms with Crippen molar-refractivity contribution < 1.29 is 4.79 Å². The van der Waals surface area contributed by atoms with Crippen LogP contribution in [0, 0.1) is 5.92 Å². The van der Waals surface area contributed by atoms with Gasteiger partial charge in [0.05, 0.1) is 11.8 Å². The molecule has 1 saturated heterocycles. The van der Waals surface area contributed by atoms with Gasteiger partial charge in [0.25, 0.3) is 0 Å². The number of nitrogens with zero attached hydrogens (tertiary/aromatic N) is 1. The van der Waals surface area contributed by atoms with E-state index in [-0.39, 0.29) is 11.9 Å². The third-order valence-corrected chi connectivity index (χ3v) is 6.14. The van der Waals surface area contributed by atoms with Crippen LogP contribution in [0.3, 0.4) is 0 Å². The Morgan fingerprint density at radius 2 is 1.93 bits per heavy atom. The van der Waals surface area contributed by atoms with Gasteiger partial charge in [-0.05, 0) is 48.9 Å². The number of amides is 1. The molecule has 1 aliphatic heterocycles. The van der Waals surface area contributed by atoms with Gasteiger partial charge in [0.1, 0.15) is 0 Å². The maximum atomic E-state index is 12.2. The maximum Gasteiger partial charge on any atom is 0.230 e. The third kappa shape index (κ3) is 6.03. The predicted octanol–water partition coefficient (Wildman–Crippen LogP) is 5.03. The Hall–Kier alpha value is -1.94. The number of thioether (sulfide) groups is 1. The van der Waals surface area contributed by atoms with Crippen LogP contribution >= 0.6 is 11.8 Å². The first-order valence-corrected chi connectivity index (χ1v) is 11.0. The first-order chi connectivity index (χ1) is 13.1. The number of carbonyl (C=O) groups is 1. The molecular weight excluding hydrogens is 352 g/mol. The third-order valence-electron chi connectivity index (χ3n) is 5.14. The van der Waals surface area contributed by atoms with Crippen molar-refractivity contribution in [3.8, 4) is 0 Å². The SMILES string of the molecule is C[C@H]1CCCN(c2ccc([C@@H](C)NC(=O)CSCc3ccccc3)cc2)C1. The Morgan fingerprint density at radius 1 is 1.19 bits per heavy atom. The van der Waals surface area contributed by atoms with Crippen molar-refractivity contribution in [1.29, 1.82) is 0 Å². The molecule has 1 N–H and O–H groups in total. The molecule has 0 aliphatic carbocycles. The molecule has 2 atom stereocenters. The summed E-state index contributed by atoms with van der Waals surface area (Å²) in [6, 6.07) is 19.0. The van der Waals surface area contributed by atoms with E-state index in [1.165, 1.54) is 24.1 Å². The van der Waals surface area contributed by atoms with Gasteiger partial charge >= 0.3 is 0 Å². The number of hydrogen-bond acceptors (Lipinski definition) is 3. The summed E-state index contributed by atoms with van der Waals surface area (Å²) in [4.78, 5) is 14.7. The number of nitrogens with one attached hydrogen (secondary N) is 1. The summed E-state index contributed by atoms with van der Waals surface area (Å²) in [6.45, 7) is 6.67. The molecule has 144 valence electrons. The Bertz CT molecular complexity index is 717. The van der Waals surface area contributed by atoms with Crippen LogP contribution in [-0.2, 0) is 10.5 Å². The van der Waals surface area contributed by atoms with E-state index in [4.69, 9.17) is 0 Å². The Kier molecular flexibility index (Phi) is 7.22. The van der Waals surface area contributed by atoms with Crippen LogP contribution in [0.4, 0.5) is 5.69 Å². The van der Waals surface area contributed by atoms with Gasteiger partial charge in [-0.15, -0.1) is 11.8 Å². The Morgan fingerprint density at radius 3 is 2.63 bits per heavy atom. The largest absolute Gasteiger partial charge is 0.371 e. The second-order valence-electron chi connectivity index (χ2n) is 7.55. The summed E-state index contributed by atoms with van der Waals surface area (Å²) < 4.78 is 0. The van der Waals surface area contributed by atoms with E-state index in [1.807, 2.05) is 18.2 Å². The number of carbonyl (C=O) groups excluding carboxylic acids is 1. The van der Waals surface area contributed by atoms with Gasteiger partial charge in [-0.3, -0.25) is 4.79 Å². The zero-order valence-corrected chi connectivity index (χ0v) is 17.2. The van der Waals surface area contributed by atoms with Gasteiger partial charge in [-0.1, -0.05) is 49.4 Å². The minimum atomic E-state index is 0.0316. The standard InChI is InChI=1S/C23H30N2OS/c1-18-7-6-14-25(15-18)22-12-10-21(11-13-22)19(2)24-23(26)17-27-16-20-8-4-3-5-9-20/h3-5,8-13,18-19H,6-7,14-17H2,1-2H3,(H,24,26)/t18-,19+/m0/s1. The van der Waals surface area contributed by atoms with Crippen LogP contribution in [0.5, 0.6) is 0 Å². The van der Waals surface area contributed by atoms with E-state index in [0.29, 0.717) is 5.75 Å². The minimum Gasteiger partial charge on any atom is -0.371 e. The average molecular weight is 383 g/mol. The molecule has 3 rings (SSSR count). The highest BCUT2D eigenvalue weighted by atomic mass is 32.2. The molecule has 0 radical (unpaired) electrons. The molecule has 2 aromatic rings. The van der Waals surface area contributed by atoms with E-state index >= 15 is 0 Å². The van der Waals surface area contributed by atoms with Crippen molar-refractivity contribution in [2.45, 2.75) is 38.5 Å². The highest BCUT2D eigenvalue weighted by molar-refractivity contribution is 7.99. The highest BCUT2D eigenvalue weighted by Gasteiger charge is 2.17. The summed E-state index contributed by atoms with van der Waals surface area (Å²) in [7, 11) is 0. The molecule has 1 amide bonds. The van der Waals surface area contributed by atoms with Crippen molar-refractivity contribution in [1.82, 2.24) is 5.32 Å². The lowest BCUT2D eigenvalue weighted by Gasteiger charge is -2.33. The second kappa shape index (κ2) is 9.84. The molecule has 1 fully saturated rings. The molecule has 0 aromatic heterocycles. The first-order valence-electron chi connectivity index (χ1n) is 9.88. The van der Waals surface area contributed by atoms with Crippen molar-refractivity contribution in [3.05, 3.63) is 65.7 Å².